The largest absolute Gasteiger partial charge is 0.356 e. The molecule has 5 rings (SSSR count). The van der Waals surface area contributed by atoms with Gasteiger partial charge in [0.15, 0.2) is 0 Å². The van der Waals surface area contributed by atoms with E-state index in [0.717, 1.165) is 37.8 Å². The van der Waals surface area contributed by atoms with Gasteiger partial charge in [-0.1, -0.05) is 15.9 Å². The van der Waals surface area contributed by atoms with Crippen LogP contribution in [0.25, 0.3) is 0 Å². The minimum atomic E-state index is 0.223. The minimum Gasteiger partial charge on any atom is -0.356 e. The van der Waals surface area contributed by atoms with Crippen molar-refractivity contribution in [2.24, 2.45) is 17.3 Å². The summed E-state index contributed by atoms with van der Waals surface area (Å²) in [7, 11) is 0. The zero-order chi connectivity index (χ0) is 16.8. The molecule has 5 fully saturated rings. The van der Waals surface area contributed by atoms with Crippen LogP contribution in [0.15, 0.2) is 0 Å². The fourth-order valence-electron chi connectivity index (χ4n) is 6.38. The van der Waals surface area contributed by atoms with Gasteiger partial charge in [0, 0.05) is 36.8 Å². The Balaban J connectivity index is 1.24. The van der Waals surface area contributed by atoms with Gasteiger partial charge >= 0.3 is 0 Å². The smallest absolute Gasteiger partial charge is 0.222 e. The van der Waals surface area contributed by atoms with Gasteiger partial charge in [0.2, 0.25) is 11.8 Å². The van der Waals surface area contributed by atoms with E-state index in [1.807, 2.05) is 4.90 Å². The summed E-state index contributed by atoms with van der Waals surface area (Å²) in [6.07, 6.45) is 11.0. The molecular formula is C19H29BrN2O2. The summed E-state index contributed by atoms with van der Waals surface area (Å²) in [5, 5.41) is 3.12. The number of carbonyl (C=O) groups excluding carboxylic acids is 2. The lowest BCUT2D eigenvalue weighted by Gasteiger charge is -2.60. The Morgan fingerprint density at radius 2 is 2.00 bits per heavy atom. The van der Waals surface area contributed by atoms with E-state index in [2.05, 4.69) is 21.2 Å². The number of nitrogens with one attached hydrogen (secondary N) is 1. The third-order valence-electron chi connectivity index (χ3n) is 6.74. The topological polar surface area (TPSA) is 49.4 Å². The van der Waals surface area contributed by atoms with Crippen LogP contribution in [-0.4, -0.2) is 40.7 Å². The minimum absolute atomic E-state index is 0.223. The first-order valence-electron chi connectivity index (χ1n) is 9.69. The molecule has 24 heavy (non-hydrogen) atoms. The summed E-state index contributed by atoms with van der Waals surface area (Å²) >= 11 is 4.02. The van der Waals surface area contributed by atoms with Gasteiger partial charge in [0.1, 0.15) is 0 Å². The van der Waals surface area contributed by atoms with Gasteiger partial charge < -0.3 is 10.2 Å². The summed E-state index contributed by atoms with van der Waals surface area (Å²) in [5.41, 5.74) is 0.253. The molecule has 4 aliphatic carbocycles. The molecule has 4 nitrogen and oxygen atoms in total. The van der Waals surface area contributed by atoms with E-state index in [4.69, 9.17) is 0 Å². The zero-order valence-electron chi connectivity index (χ0n) is 14.5. The van der Waals surface area contributed by atoms with Crippen molar-refractivity contribution < 1.29 is 9.59 Å². The van der Waals surface area contributed by atoms with E-state index < -0.39 is 0 Å². The number of halogens is 1. The number of amides is 2. The van der Waals surface area contributed by atoms with E-state index in [0.29, 0.717) is 23.7 Å². The highest BCUT2D eigenvalue weighted by molar-refractivity contribution is 9.10. The van der Waals surface area contributed by atoms with Crippen LogP contribution in [-0.2, 0) is 9.59 Å². The van der Waals surface area contributed by atoms with Crippen molar-refractivity contribution in [3.63, 3.8) is 0 Å². The SMILES string of the molecule is O=C(CC12CC3CC(CC(Br)(C3)C1)C2)NCCCN1CCCC1=O. The van der Waals surface area contributed by atoms with Crippen molar-refractivity contribution in [2.75, 3.05) is 19.6 Å². The number of hydrogen-bond acceptors (Lipinski definition) is 2. The van der Waals surface area contributed by atoms with Crippen molar-refractivity contribution in [1.29, 1.82) is 0 Å². The second-order valence-corrected chi connectivity index (χ2v) is 10.7. The molecule has 2 amide bonds. The predicted octanol–water partition coefficient (Wildman–Crippen LogP) is 3.24. The van der Waals surface area contributed by atoms with Crippen LogP contribution in [0.4, 0.5) is 0 Å². The van der Waals surface area contributed by atoms with Crippen LogP contribution in [0.3, 0.4) is 0 Å². The Hall–Kier alpha value is -0.580. The highest BCUT2D eigenvalue weighted by Crippen LogP contribution is 2.65. The van der Waals surface area contributed by atoms with E-state index in [9.17, 15) is 9.59 Å². The molecule has 5 aliphatic rings. The molecule has 1 saturated heterocycles. The Morgan fingerprint density at radius 3 is 2.62 bits per heavy atom. The fraction of sp³-hybridized carbons (Fsp3) is 0.895. The molecule has 1 aliphatic heterocycles. The molecule has 134 valence electrons. The Labute approximate surface area is 153 Å². The summed E-state index contributed by atoms with van der Waals surface area (Å²) in [6, 6.07) is 0. The maximum absolute atomic E-state index is 12.5. The third-order valence-corrected chi connectivity index (χ3v) is 7.67. The van der Waals surface area contributed by atoms with E-state index in [1.165, 1.54) is 38.5 Å². The molecule has 4 saturated carbocycles. The van der Waals surface area contributed by atoms with Crippen LogP contribution in [0, 0.1) is 17.3 Å². The number of hydrogen-bond donors (Lipinski definition) is 1. The van der Waals surface area contributed by atoms with Crippen LogP contribution in [0.5, 0.6) is 0 Å². The number of alkyl halides is 1. The predicted molar refractivity (Wildman–Crippen MR) is 96.8 cm³/mol. The van der Waals surface area contributed by atoms with Gasteiger partial charge in [-0.15, -0.1) is 0 Å². The maximum atomic E-state index is 12.5. The molecule has 4 bridgehead atoms. The first kappa shape index (κ1) is 16.9. The second-order valence-electron chi connectivity index (χ2n) is 8.98. The molecule has 0 radical (unpaired) electrons. The second kappa shape index (κ2) is 6.30. The number of likely N-dealkylation sites (tertiary alicyclic amines) is 1. The standard InChI is InChI=1S/C19H29BrN2O2/c20-19-10-14-7-15(11-19)9-18(8-14,13-19)12-16(23)21-4-2-6-22-5-1-3-17(22)24/h14-15H,1-13H2,(H,21,23). The lowest BCUT2D eigenvalue weighted by molar-refractivity contribution is -0.128. The van der Waals surface area contributed by atoms with Crippen LogP contribution < -0.4 is 5.32 Å². The molecule has 0 spiro atoms. The van der Waals surface area contributed by atoms with E-state index in [-0.39, 0.29) is 17.2 Å². The van der Waals surface area contributed by atoms with Crippen molar-refractivity contribution >= 4 is 27.7 Å². The number of rotatable bonds is 6. The van der Waals surface area contributed by atoms with Gasteiger partial charge in [-0.25, -0.2) is 0 Å². The first-order chi connectivity index (χ1) is 11.5. The Morgan fingerprint density at radius 1 is 1.25 bits per heavy atom. The average Bonchev–Trinajstić information content (AvgIpc) is 2.85. The Bertz CT molecular complexity index is 521. The van der Waals surface area contributed by atoms with Gasteiger partial charge in [-0.05, 0) is 68.6 Å². The molecule has 1 heterocycles. The lowest BCUT2D eigenvalue weighted by Crippen LogP contribution is -2.54. The lowest BCUT2D eigenvalue weighted by atomic mass is 9.48. The fourth-order valence-corrected chi connectivity index (χ4v) is 7.89. The third kappa shape index (κ3) is 3.38. The van der Waals surface area contributed by atoms with E-state index in [1.54, 1.807) is 0 Å². The number of carbonyl (C=O) groups is 2. The van der Waals surface area contributed by atoms with Gasteiger partial charge in [-0.2, -0.15) is 0 Å². The highest BCUT2D eigenvalue weighted by Gasteiger charge is 2.57. The van der Waals surface area contributed by atoms with Crippen LogP contribution >= 0.6 is 15.9 Å². The summed E-state index contributed by atoms with van der Waals surface area (Å²) in [5.74, 6) is 2.16. The molecular weight excluding hydrogens is 368 g/mol. The molecule has 0 aromatic heterocycles. The van der Waals surface area contributed by atoms with Crippen LogP contribution in [0.2, 0.25) is 0 Å². The average molecular weight is 397 g/mol. The Kier molecular flexibility index (Phi) is 4.42. The quantitative estimate of drug-likeness (QED) is 0.553. The first-order valence-corrected chi connectivity index (χ1v) is 10.5. The van der Waals surface area contributed by atoms with E-state index >= 15 is 0 Å². The molecule has 0 aromatic rings. The molecule has 1 N–H and O–H groups in total. The van der Waals surface area contributed by atoms with Gasteiger partial charge in [-0.3, -0.25) is 9.59 Å². The van der Waals surface area contributed by atoms with Gasteiger partial charge in [0.05, 0.1) is 0 Å². The summed E-state index contributed by atoms with van der Waals surface area (Å²) < 4.78 is 0.327. The van der Waals surface area contributed by atoms with Crippen molar-refractivity contribution in [1.82, 2.24) is 10.2 Å². The normalized spacial score (nSPS) is 40.4. The number of nitrogens with zero attached hydrogens (tertiary/aromatic N) is 1. The molecule has 2 atom stereocenters. The monoisotopic (exact) mass is 396 g/mol. The highest BCUT2D eigenvalue weighted by atomic mass is 79.9. The van der Waals surface area contributed by atoms with Crippen molar-refractivity contribution in [2.45, 2.75) is 68.5 Å². The summed E-state index contributed by atoms with van der Waals surface area (Å²) in [4.78, 5) is 26.0. The summed E-state index contributed by atoms with van der Waals surface area (Å²) in [6.45, 7) is 2.38. The molecule has 0 aromatic carbocycles. The van der Waals surface area contributed by atoms with Crippen LogP contribution in [0.1, 0.15) is 64.2 Å². The maximum Gasteiger partial charge on any atom is 0.222 e. The molecule has 5 heteroatoms. The van der Waals surface area contributed by atoms with Crippen molar-refractivity contribution in [3.05, 3.63) is 0 Å². The zero-order valence-corrected chi connectivity index (χ0v) is 16.1. The van der Waals surface area contributed by atoms with Gasteiger partial charge in [0.25, 0.3) is 0 Å². The van der Waals surface area contributed by atoms with Crippen molar-refractivity contribution in [3.8, 4) is 0 Å². The molecule has 2 unspecified atom stereocenters.